The van der Waals surface area contributed by atoms with Crippen LogP contribution in [0.1, 0.15) is 31.2 Å². The highest BCUT2D eigenvalue weighted by atomic mass is 16.5. The van der Waals surface area contributed by atoms with Crippen LogP contribution in [0.15, 0.2) is 30.3 Å². The minimum Gasteiger partial charge on any atom is -0.375 e. The van der Waals surface area contributed by atoms with Gasteiger partial charge < -0.3 is 10.1 Å². The zero-order valence-electron chi connectivity index (χ0n) is 12.3. The maximum atomic E-state index is 5.94. The molecule has 1 N–H and O–H groups in total. The van der Waals surface area contributed by atoms with Gasteiger partial charge in [-0.1, -0.05) is 30.3 Å². The van der Waals surface area contributed by atoms with E-state index < -0.39 is 0 Å². The smallest absolute Gasteiger partial charge is 0.0717 e. The maximum absolute atomic E-state index is 5.94. The van der Waals surface area contributed by atoms with E-state index >= 15 is 0 Å². The summed E-state index contributed by atoms with van der Waals surface area (Å²) >= 11 is 0. The summed E-state index contributed by atoms with van der Waals surface area (Å²) in [5.74, 6) is 0. The number of ether oxygens (including phenoxy) is 1. The summed E-state index contributed by atoms with van der Waals surface area (Å²) in [7, 11) is 0. The second-order valence-electron chi connectivity index (χ2n) is 6.08. The molecule has 1 aromatic carbocycles. The van der Waals surface area contributed by atoms with Crippen molar-refractivity contribution in [3.63, 3.8) is 0 Å². The van der Waals surface area contributed by atoms with E-state index in [4.69, 9.17) is 4.74 Å². The Balaban J connectivity index is 1.41. The molecular formula is C17H26N2O. The number of nitrogens with one attached hydrogen (secondary N) is 1. The molecule has 3 rings (SSSR count). The van der Waals surface area contributed by atoms with Gasteiger partial charge in [0.1, 0.15) is 0 Å². The molecule has 2 atom stereocenters. The monoisotopic (exact) mass is 274 g/mol. The van der Waals surface area contributed by atoms with Crippen LogP contribution in [0.4, 0.5) is 0 Å². The Kier molecular flexibility index (Phi) is 5.06. The van der Waals surface area contributed by atoms with Gasteiger partial charge in [-0.05, 0) is 44.3 Å². The van der Waals surface area contributed by atoms with Gasteiger partial charge in [0, 0.05) is 18.6 Å². The van der Waals surface area contributed by atoms with Crippen LogP contribution in [0, 0.1) is 0 Å². The molecule has 2 aliphatic rings. The van der Waals surface area contributed by atoms with Crippen molar-refractivity contribution in [3.05, 3.63) is 35.9 Å². The molecule has 2 fully saturated rings. The fourth-order valence-corrected chi connectivity index (χ4v) is 3.41. The Morgan fingerprint density at radius 3 is 2.85 bits per heavy atom. The first-order valence-corrected chi connectivity index (χ1v) is 8.01. The molecule has 2 heterocycles. The molecule has 0 aromatic heterocycles. The van der Waals surface area contributed by atoms with E-state index in [1.54, 1.807) is 0 Å². The summed E-state index contributed by atoms with van der Waals surface area (Å²) in [6.07, 6.45) is 5.30. The lowest BCUT2D eigenvalue weighted by Crippen LogP contribution is -2.41. The molecule has 0 radical (unpaired) electrons. The Bertz CT molecular complexity index is 389. The summed E-state index contributed by atoms with van der Waals surface area (Å²) in [5.41, 5.74) is 1.27. The highest BCUT2D eigenvalue weighted by Crippen LogP contribution is 2.20. The molecule has 3 heteroatoms. The van der Waals surface area contributed by atoms with Crippen LogP contribution >= 0.6 is 0 Å². The highest BCUT2D eigenvalue weighted by Gasteiger charge is 2.27. The zero-order valence-corrected chi connectivity index (χ0v) is 12.3. The largest absolute Gasteiger partial charge is 0.375 e. The third-order valence-electron chi connectivity index (χ3n) is 4.54. The Morgan fingerprint density at radius 1 is 1.15 bits per heavy atom. The van der Waals surface area contributed by atoms with Crippen LogP contribution in [0.3, 0.4) is 0 Å². The Hall–Kier alpha value is -0.900. The summed E-state index contributed by atoms with van der Waals surface area (Å²) in [6.45, 7) is 5.28. The van der Waals surface area contributed by atoms with Crippen LogP contribution in [0.2, 0.25) is 0 Å². The van der Waals surface area contributed by atoms with Gasteiger partial charge in [0.25, 0.3) is 0 Å². The molecule has 0 aliphatic carbocycles. The fraction of sp³-hybridized carbons (Fsp3) is 0.647. The van der Waals surface area contributed by atoms with Gasteiger partial charge in [-0.15, -0.1) is 0 Å². The van der Waals surface area contributed by atoms with E-state index in [2.05, 4.69) is 40.5 Å². The molecule has 1 aromatic rings. The van der Waals surface area contributed by atoms with Gasteiger partial charge in [0.2, 0.25) is 0 Å². The van der Waals surface area contributed by atoms with Crippen LogP contribution < -0.4 is 5.32 Å². The molecule has 0 saturated carbocycles. The molecule has 0 amide bonds. The first-order valence-electron chi connectivity index (χ1n) is 8.01. The van der Waals surface area contributed by atoms with E-state index in [0.717, 1.165) is 13.2 Å². The molecule has 2 saturated heterocycles. The molecule has 20 heavy (non-hydrogen) atoms. The predicted molar refractivity (Wildman–Crippen MR) is 81.7 cm³/mol. The first kappa shape index (κ1) is 14.1. The number of hydrogen-bond donors (Lipinski definition) is 1. The summed E-state index contributed by atoms with van der Waals surface area (Å²) in [4.78, 5) is 2.63. The average Bonchev–Trinajstić information content (AvgIpc) is 3.13. The predicted octanol–water partition coefficient (Wildman–Crippen LogP) is 2.42. The normalized spacial score (nSPS) is 27.2. The molecule has 2 unspecified atom stereocenters. The number of rotatable bonds is 6. The standard InChI is InChI=1S/C17H26N2O/c1-2-6-15(7-3-1)13-20-14-17-9-5-11-19(17)12-16-8-4-10-18-16/h1-3,6-7,16-18H,4-5,8-14H2. The molecular weight excluding hydrogens is 248 g/mol. The van der Waals surface area contributed by atoms with Crippen LogP contribution in [-0.2, 0) is 11.3 Å². The van der Waals surface area contributed by atoms with Crippen molar-refractivity contribution < 1.29 is 4.74 Å². The van der Waals surface area contributed by atoms with Gasteiger partial charge in [0.15, 0.2) is 0 Å². The van der Waals surface area contributed by atoms with Gasteiger partial charge in [0.05, 0.1) is 13.2 Å². The topological polar surface area (TPSA) is 24.5 Å². The molecule has 2 aliphatic heterocycles. The van der Waals surface area contributed by atoms with Crippen molar-refractivity contribution in [3.8, 4) is 0 Å². The summed E-state index contributed by atoms with van der Waals surface area (Å²) < 4.78 is 5.94. The number of likely N-dealkylation sites (tertiary alicyclic amines) is 1. The SMILES string of the molecule is c1ccc(COCC2CCCN2CC2CCCN2)cc1. The van der Waals surface area contributed by atoms with E-state index in [9.17, 15) is 0 Å². The molecule has 3 nitrogen and oxygen atoms in total. The summed E-state index contributed by atoms with van der Waals surface area (Å²) in [6, 6.07) is 11.8. The lowest BCUT2D eigenvalue weighted by Gasteiger charge is -2.27. The van der Waals surface area contributed by atoms with Crippen LogP contribution in [0.25, 0.3) is 0 Å². The van der Waals surface area contributed by atoms with Crippen LogP contribution in [0.5, 0.6) is 0 Å². The zero-order chi connectivity index (χ0) is 13.6. The van der Waals surface area contributed by atoms with Crippen molar-refractivity contribution in [2.75, 3.05) is 26.2 Å². The van der Waals surface area contributed by atoms with Crippen molar-refractivity contribution >= 4 is 0 Å². The second-order valence-corrected chi connectivity index (χ2v) is 6.08. The van der Waals surface area contributed by atoms with Crippen molar-refractivity contribution in [2.45, 2.75) is 44.4 Å². The number of benzene rings is 1. The van der Waals surface area contributed by atoms with Gasteiger partial charge in [-0.2, -0.15) is 0 Å². The van der Waals surface area contributed by atoms with Gasteiger partial charge >= 0.3 is 0 Å². The van der Waals surface area contributed by atoms with E-state index in [1.807, 2.05) is 0 Å². The van der Waals surface area contributed by atoms with E-state index in [0.29, 0.717) is 12.1 Å². The average molecular weight is 274 g/mol. The lowest BCUT2D eigenvalue weighted by molar-refractivity contribution is 0.0642. The molecule has 0 bridgehead atoms. The van der Waals surface area contributed by atoms with E-state index in [1.165, 1.54) is 50.9 Å². The maximum Gasteiger partial charge on any atom is 0.0717 e. The lowest BCUT2D eigenvalue weighted by atomic mass is 10.2. The Labute approximate surface area is 122 Å². The minimum absolute atomic E-state index is 0.626. The molecule has 0 spiro atoms. The fourth-order valence-electron chi connectivity index (χ4n) is 3.41. The Morgan fingerprint density at radius 2 is 2.05 bits per heavy atom. The number of hydrogen-bond acceptors (Lipinski definition) is 3. The van der Waals surface area contributed by atoms with Crippen LogP contribution in [-0.4, -0.2) is 43.2 Å². The molecule has 110 valence electrons. The van der Waals surface area contributed by atoms with Crippen molar-refractivity contribution in [2.24, 2.45) is 0 Å². The summed E-state index contributed by atoms with van der Waals surface area (Å²) in [5, 5.41) is 3.60. The first-order chi connectivity index (χ1) is 9.92. The van der Waals surface area contributed by atoms with Crippen molar-refractivity contribution in [1.82, 2.24) is 10.2 Å². The third kappa shape index (κ3) is 3.81. The van der Waals surface area contributed by atoms with E-state index in [-0.39, 0.29) is 0 Å². The second kappa shape index (κ2) is 7.21. The van der Waals surface area contributed by atoms with Gasteiger partial charge in [-0.25, -0.2) is 0 Å². The number of nitrogens with zero attached hydrogens (tertiary/aromatic N) is 1. The highest BCUT2D eigenvalue weighted by molar-refractivity contribution is 5.13. The quantitative estimate of drug-likeness (QED) is 0.862. The minimum atomic E-state index is 0.626. The van der Waals surface area contributed by atoms with Gasteiger partial charge in [-0.3, -0.25) is 4.90 Å². The van der Waals surface area contributed by atoms with Crippen molar-refractivity contribution in [1.29, 1.82) is 0 Å². The third-order valence-corrected chi connectivity index (χ3v) is 4.54.